The number of benzene rings is 1. The number of ether oxygens (including phenoxy) is 1. The van der Waals surface area contributed by atoms with Gasteiger partial charge in [0.1, 0.15) is 0 Å². The van der Waals surface area contributed by atoms with E-state index in [0.717, 1.165) is 12.0 Å². The minimum absolute atomic E-state index is 0.272. The van der Waals surface area contributed by atoms with Crippen LogP contribution in [0.2, 0.25) is 0 Å². The van der Waals surface area contributed by atoms with Gasteiger partial charge in [0.15, 0.2) is 5.78 Å². The predicted octanol–water partition coefficient (Wildman–Crippen LogP) is 3.22. The molecule has 2 heteroatoms. The Morgan fingerprint density at radius 3 is 2.88 bits per heavy atom. The van der Waals surface area contributed by atoms with Gasteiger partial charge in [-0.15, -0.1) is 0 Å². The van der Waals surface area contributed by atoms with Crippen LogP contribution in [0.3, 0.4) is 0 Å². The zero-order valence-electron chi connectivity index (χ0n) is 9.97. The van der Waals surface area contributed by atoms with Crippen molar-refractivity contribution in [2.45, 2.75) is 44.3 Å². The van der Waals surface area contributed by atoms with Gasteiger partial charge in [-0.25, -0.2) is 0 Å². The first-order chi connectivity index (χ1) is 8.34. The molecule has 0 radical (unpaired) electrons. The van der Waals surface area contributed by atoms with Crippen LogP contribution in [0.5, 0.6) is 0 Å². The third-order valence-corrected chi connectivity index (χ3v) is 3.99. The molecule has 0 spiro atoms. The zero-order valence-corrected chi connectivity index (χ0v) is 9.97. The monoisotopic (exact) mass is 230 g/mol. The number of hydrogen-bond acceptors (Lipinski definition) is 2. The molecule has 3 rings (SSSR count). The molecule has 17 heavy (non-hydrogen) atoms. The van der Waals surface area contributed by atoms with Crippen LogP contribution in [-0.4, -0.2) is 18.0 Å². The van der Waals surface area contributed by atoms with Crippen molar-refractivity contribution in [3.05, 3.63) is 35.9 Å². The summed E-state index contributed by atoms with van der Waals surface area (Å²) in [7, 11) is 0. The highest BCUT2D eigenvalue weighted by molar-refractivity contribution is 5.95. The van der Waals surface area contributed by atoms with Crippen molar-refractivity contribution in [1.29, 1.82) is 0 Å². The smallest absolute Gasteiger partial charge is 0.162 e. The first kappa shape index (κ1) is 11.0. The van der Waals surface area contributed by atoms with Crippen molar-refractivity contribution in [3.63, 3.8) is 0 Å². The minimum Gasteiger partial charge on any atom is -0.369 e. The highest BCUT2D eigenvalue weighted by Gasteiger charge is 2.46. The third-order valence-electron chi connectivity index (χ3n) is 3.99. The van der Waals surface area contributed by atoms with Gasteiger partial charge in [-0.05, 0) is 25.2 Å². The Balaban J connectivity index is 1.52. The second-order valence-electron chi connectivity index (χ2n) is 5.16. The summed E-state index contributed by atoms with van der Waals surface area (Å²) in [5, 5.41) is 0. The van der Waals surface area contributed by atoms with Gasteiger partial charge in [-0.1, -0.05) is 36.8 Å². The Morgan fingerprint density at radius 2 is 2.06 bits per heavy atom. The Bertz CT molecular complexity index is 399. The summed E-state index contributed by atoms with van der Waals surface area (Å²) in [6.07, 6.45) is 6.41. The maximum atomic E-state index is 12.0. The summed E-state index contributed by atoms with van der Waals surface area (Å²) in [6.45, 7) is 0. The van der Waals surface area contributed by atoms with Crippen LogP contribution in [0.4, 0.5) is 0 Å². The van der Waals surface area contributed by atoms with Gasteiger partial charge in [-0.2, -0.15) is 0 Å². The lowest BCUT2D eigenvalue weighted by molar-refractivity contribution is 0.0970. The van der Waals surface area contributed by atoms with Crippen molar-refractivity contribution in [3.8, 4) is 0 Å². The topological polar surface area (TPSA) is 29.6 Å². The summed E-state index contributed by atoms with van der Waals surface area (Å²) in [5.41, 5.74) is 0.844. The van der Waals surface area contributed by atoms with Crippen LogP contribution in [0.15, 0.2) is 30.3 Å². The number of fused-ring (bicyclic) bond motifs is 1. The Morgan fingerprint density at radius 1 is 1.24 bits per heavy atom. The van der Waals surface area contributed by atoms with Crippen LogP contribution >= 0.6 is 0 Å². The average Bonchev–Trinajstić information content (AvgIpc) is 3.16. The summed E-state index contributed by atoms with van der Waals surface area (Å²) in [5.74, 6) is 0.898. The van der Waals surface area contributed by atoms with Crippen molar-refractivity contribution in [2.24, 2.45) is 5.92 Å². The highest BCUT2D eigenvalue weighted by atomic mass is 16.6. The third kappa shape index (κ3) is 2.42. The largest absolute Gasteiger partial charge is 0.369 e. The molecule has 1 aromatic rings. The van der Waals surface area contributed by atoms with Gasteiger partial charge < -0.3 is 4.74 Å². The maximum absolute atomic E-state index is 12.0. The van der Waals surface area contributed by atoms with Crippen LogP contribution in [0, 0.1) is 5.92 Å². The van der Waals surface area contributed by atoms with E-state index in [9.17, 15) is 4.79 Å². The molecule has 1 aliphatic heterocycles. The first-order valence-corrected chi connectivity index (χ1v) is 6.58. The zero-order chi connectivity index (χ0) is 11.7. The number of Topliss-reactive ketones (excluding diaryl/α,β-unsaturated/α-hetero) is 1. The van der Waals surface area contributed by atoms with E-state index in [1.807, 2.05) is 30.3 Å². The summed E-state index contributed by atoms with van der Waals surface area (Å²) in [6, 6.07) is 9.60. The fourth-order valence-corrected chi connectivity index (χ4v) is 2.94. The molecule has 1 saturated carbocycles. The molecular weight excluding hydrogens is 212 g/mol. The molecule has 0 amide bonds. The lowest BCUT2D eigenvalue weighted by Gasteiger charge is -2.17. The fraction of sp³-hybridized carbons (Fsp3) is 0.533. The molecule has 2 fully saturated rings. The summed E-state index contributed by atoms with van der Waals surface area (Å²) in [4.78, 5) is 12.0. The first-order valence-electron chi connectivity index (χ1n) is 6.58. The van der Waals surface area contributed by atoms with Gasteiger partial charge in [0, 0.05) is 12.0 Å². The minimum atomic E-state index is 0.272. The van der Waals surface area contributed by atoms with E-state index in [1.165, 1.54) is 19.3 Å². The molecule has 1 saturated heterocycles. The standard InChI is InChI=1S/C15H18O2/c16-13(11-5-2-1-3-6-11)10-9-12-7-4-8-14-15(12)17-14/h1-3,5-6,12,14-15H,4,7-10H2/t12-,14+,15-/m0/s1. The molecular formula is C15H18O2. The van der Waals surface area contributed by atoms with E-state index in [4.69, 9.17) is 4.74 Å². The number of rotatable bonds is 4. The van der Waals surface area contributed by atoms with Crippen molar-refractivity contribution >= 4 is 5.78 Å². The quantitative estimate of drug-likeness (QED) is 0.587. The maximum Gasteiger partial charge on any atom is 0.162 e. The molecule has 3 atom stereocenters. The number of hydrogen-bond donors (Lipinski definition) is 0. The van der Waals surface area contributed by atoms with E-state index in [-0.39, 0.29) is 5.78 Å². The molecule has 1 heterocycles. The Hall–Kier alpha value is -1.15. The summed E-state index contributed by atoms with van der Waals surface area (Å²) < 4.78 is 5.62. The summed E-state index contributed by atoms with van der Waals surface area (Å²) >= 11 is 0. The number of ketones is 1. The molecule has 2 aliphatic rings. The molecule has 90 valence electrons. The van der Waals surface area contributed by atoms with E-state index in [1.54, 1.807) is 0 Å². The van der Waals surface area contributed by atoms with E-state index in [2.05, 4.69) is 0 Å². The fourth-order valence-electron chi connectivity index (χ4n) is 2.94. The average molecular weight is 230 g/mol. The van der Waals surface area contributed by atoms with Crippen LogP contribution < -0.4 is 0 Å². The van der Waals surface area contributed by atoms with Crippen LogP contribution in [-0.2, 0) is 4.74 Å². The molecule has 0 unspecified atom stereocenters. The van der Waals surface area contributed by atoms with Crippen LogP contribution in [0.1, 0.15) is 42.5 Å². The number of epoxide rings is 1. The second-order valence-corrected chi connectivity index (χ2v) is 5.16. The van der Waals surface area contributed by atoms with Crippen LogP contribution in [0.25, 0.3) is 0 Å². The van der Waals surface area contributed by atoms with E-state index >= 15 is 0 Å². The van der Waals surface area contributed by atoms with Crippen molar-refractivity contribution in [1.82, 2.24) is 0 Å². The van der Waals surface area contributed by atoms with Gasteiger partial charge in [0.05, 0.1) is 12.2 Å². The molecule has 2 nitrogen and oxygen atoms in total. The lowest BCUT2D eigenvalue weighted by Crippen LogP contribution is -2.17. The van der Waals surface area contributed by atoms with E-state index < -0.39 is 0 Å². The lowest BCUT2D eigenvalue weighted by atomic mass is 9.85. The van der Waals surface area contributed by atoms with Gasteiger partial charge >= 0.3 is 0 Å². The number of carbonyl (C=O) groups is 1. The molecule has 1 aromatic carbocycles. The second kappa shape index (κ2) is 4.61. The van der Waals surface area contributed by atoms with Gasteiger partial charge in [-0.3, -0.25) is 4.79 Å². The SMILES string of the molecule is O=C(CC[C@@H]1CCC[C@H]2O[C@@H]12)c1ccccc1. The highest BCUT2D eigenvalue weighted by Crippen LogP contribution is 2.42. The van der Waals surface area contributed by atoms with Gasteiger partial charge in [0.25, 0.3) is 0 Å². The van der Waals surface area contributed by atoms with E-state index in [0.29, 0.717) is 24.5 Å². The van der Waals surface area contributed by atoms with Gasteiger partial charge in [0.2, 0.25) is 0 Å². The number of carbonyl (C=O) groups excluding carboxylic acids is 1. The van der Waals surface area contributed by atoms with Crippen molar-refractivity contribution in [2.75, 3.05) is 0 Å². The molecule has 0 N–H and O–H groups in total. The Labute approximate surface area is 102 Å². The molecule has 1 aliphatic carbocycles. The molecule has 0 bridgehead atoms. The Kier molecular flexibility index (Phi) is 2.98. The predicted molar refractivity (Wildman–Crippen MR) is 66.0 cm³/mol. The normalized spacial score (nSPS) is 30.7. The van der Waals surface area contributed by atoms with Crippen molar-refractivity contribution < 1.29 is 9.53 Å². The molecule has 0 aromatic heterocycles.